The highest BCUT2D eigenvalue weighted by atomic mass is 16.7. The van der Waals surface area contributed by atoms with E-state index < -0.39 is 0 Å². The van der Waals surface area contributed by atoms with Crippen LogP contribution in [0.4, 0.5) is 0 Å². The first kappa shape index (κ1) is 38.4. The van der Waals surface area contributed by atoms with Crippen LogP contribution < -0.4 is 0 Å². The van der Waals surface area contributed by atoms with E-state index in [1.807, 2.05) is 0 Å². The number of rotatable bonds is 30. The van der Waals surface area contributed by atoms with Crippen molar-refractivity contribution in [3.8, 4) is 0 Å². The zero-order valence-corrected chi connectivity index (χ0v) is 28.4. The summed E-state index contributed by atoms with van der Waals surface area (Å²) in [4.78, 5) is 2.23. The molecule has 1 aliphatic rings. The predicted molar refractivity (Wildman–Crippen MR) is 182 cm³/mol. The molecule has 1 fully saturated rings. The molecule has 242 valence electrons. The van der Waals surface area contributed by atoms with Gasteiger partial charge in [0.2, 0.25) is 0 Å². The smallest absolute Gasteiger partial charge is 0.168 e. The highest BCUT2D eigenvalue weighted by molar-refractivity contribution is 5.02. The van der Waals surface area contributed by atoms with Crippen molar-refractivity contribution in [3.63, 3.8) is 0 Å². The summed E-state index contributed by atoms with van der Waals surface area (Å²) in [5.74, 6) is -0.315. The molecule has 1 saturated heterocycles. The maximum absolute atomic E-state index is 6.61. The SMILES string of the molecule is CCCCC/C=C\C=C/CCCCCCC[C@]1(CCCCCCCCCCCCCCCC)OC[C@@H](CN(C)C)O1. The molecule has 3 heteroatoms. The Kier molecular flexibility index (Phi) is 26.4. The van der Waals surface area contributed by atoms with Crippen molar-refractivity contribution in [2.45, 2.75) is 193 Å². The van der Waals surface area contributed by atoms with Gasteiger partial charge in [0.15, 0.2) is 5.79 Å². The Labute approximate surface area is 258 Å². The summed E-state index contributed by atoms with van der Waals surface area (Å²) in [7, 11) is 4.27. The van der Waals surface area contributed by atoms with E-state index in [0.29, 0.717) is 0 Å². The van der Waals surface area contributed by atoms with Crippen molar-refractivity contribution in [2.24, 2.45) is 0 Å². The molecule has 0 saturated carbocycles. The molecule has 41 heavy (non-hydrogen) atoms. The first-order valence-corrected chi connectivity index (χ1v) is 18.4. The molecule has 1 aliphatic heterocycles. The molecule has 0 unspecified atom stereocenters. The Hall–Kier alpha value is -0.640. The molecule has 0 radical (unpaired) electrons. The Bertz CT molecular complexity index is 601. The molecule has 0 aromatic carbocycles. The van der Waals surface area contributed by atoms with Crippen LogP contribution in [0.2, 0.25) is 0 Å². The summed E-state index contributed by atoms with van der Waals surface area (Å²) in [5, 5.41) is 0. The van der Waals surface area contributed by atoms with Gasteiger partial charge in [0.1, 0.15) is 0 Å². The number of hydrogen-bond donors (Lipinski definition) is 0. The zero-order chi connectivity index (χ0) is 29.7. The predicted octanol–water partition coefficient (Wildman–Crippen LogP) is 12.0. The van der Waals surface area contributed by atoms with Crippen molar-refractivity contribution >= 4 is 0 Å². The van der Waals surface area contributed by atoms with E-state index in [9.17, 15) is 0 Å². The van der Waals surface area contributed by atoms with Gasteiger partial charge in [-0.2, -0.15) is 0 Å². The highest BCUT2D eigenvalue weighted by Gasteiger charge is 2.40. The number of hydrogen-bond acceptors (Lipinski definition) is 3. The van der Waals surface area contributed by atoms with Crippen LogP contribution >= 0.6 is 0 Å². The van der Waals surface area contributed by atoms with Gasteiger partial charge in [-0.3, -0.25) is 0 Å². The monoisotopic (exact) mass is 576 g/mol. The van der Waals surface area contributed by atoms with Crippen LogP contribution in [0.3, 0.4) is 0 Å². The van der Waals surface area contributed by atoms with Gasteiger partial charge in [-0.05, 0) is 52.6 Å². The third-order valence-corrected chi connectivity index (χ3v) is 8.68. The van der Waals surface area contributed by atoms with Gasteiger partial charge < -0.3 is 14.4 Å². The van der Waals surface area contributed by atoms with Crippen LogP contribution in [0, 0.1) is 0 Å². The van der Waals surface area contributed by atoms with Crippen LogP contribution in [-0.4, -0.2) is 44.0 Å². The van der Waals surface area contributed by atoms with Crippen molar-refractivity contribution in [2.75, 3.05) is 27.2 Å². The second-order valence-corrected chi connectivity index (χ2v) is 13.2. The zero-order valence-electron chi connectivity index (χ0n) is 28.4. The molecule has 0 spiro atoms. The average molecular weight is 576 g/mol. The molecule has 0 aromatic heterocycles. The van der Waals surface area contributed by atoms with E-state index in [2.05, 4.69) is 57.1 Å². The van der Waals surface area contributed by atoms with Gasteiger partial charge in [0.05, 0.1) is 12.7 Å². The van der Waals surface area contributed by atoms with Gasteiger partial charge in [-0.1, -0.05) is 154 Å². The van der Waals surface area contributed by atoms with Crippen molar-refractivity contribution in [3.05, 3.63) is 24.3 Å². The van der Waals surface area contributed by atoms with Gasteiger partial charge in [0, 0.05) is 19.4 Å². The molecule has 2 atom stereocenters. The number of unbranched alkanes of at least 4 members (excludes halogenated alkanes) is 21. The summed E-state index contributed by atoms with van der Waals surface area (Å²) in [6.45, 7) is 6.29. The van der Waals surface area contributed by atoms with Crippen LogP contribution in [0.25, 0.3) is 0 Å². The third kappa shape index (κ3) is 23.5. The normalized spacial score (nSPS) is 19.5. The summed E-state index contributed by atoms with van der Waals surface area (Å²) in [5.41, 5.74) is 0. The molecule has 3 nitrogen and oxygen atoms in total. The Balaban J connectivity index is 2.13. The van der Waals surface area contributed by atoms with E-state index in [4.69, 9.17) is 9.47 Å². The maximum atomic E-state index is 6.61. The molecule has 0 amide bonds. The minimum Gasteiger partial charge on any atom is -0.347 e. The van der Waals surface area contributed by atoms with Gasteiger partial charge in [-0.15, -0.1) is 0 Å². The largest absolute Gasteiger partial charge is 0.347 e. The lowest BCUT2D eigenvalue weighted by Gasteiger charge is -2.29. The fourth-order valence-corrected chi connectivity index (χ4v) is 6.14. The average Bonchev–Trinajstić information content (AvgIpc) is 3.35. The van der Waals surface area contributed by atoms with Gasteiger partial charge in [0.25, 0.3) is 0 Å². The van der Waals surface area contributed by atoms with Crippen LogP contribution in [0.15, 0.2) is 24.3 Å². The number of ether oxygens (including phenoxy) is 2. The standard InChI is InChI=1S/C38H73NO2/c1-5-7-9-11-13-15-17-19-21-23-25-27-29-31-33-38(40-36-37(41-38)35-39(3)4)34-32-30-28-26-24-22-20-18-16-14-12-10-8-6-2/h13,15,17,19,37H,5-12,14,16,18,20-36H2,1-4H3/b15-13-,19-17-/t37-,38+/m1/s1. The van der Waals surface area contributed by atoms with Gasteiger partial charge in [-0.25, -0.2) is 0 Å². The highest BCUT2D eigenvalue weighted by Crippen LogP contribution is 2.35. The molecule has 0 aromatic rings. The first-order valence-electron chi connectivity index (χ1n) is 18.4. The Morgan fingerprint density at radius 2 is 0.951 bits per heavy atom. The van der Waals surface area contributed by atoms with E-state index >= 15 is 0 Å². The van der Waals surface area contributed by atoms with Crippen LogP contribution in [0.5, 0.6) is 0 Å². The lowest BCUT2D eigenvalue weighted by molar-refractivity contribution is -0.180. The summed E-state index contributed by atoms with van der Waals surface area (Å²) < 4.78 is 13.0. The number of nitrogens with zero attached hydrogens (tertiary/aromatic N) is 1. The van der Waals surface area contributed by atoms with Crippen molar-refractivity contribution < 1.29 is 9.47 Å². The second kappa shape index (κ2) is 28.1. The second-order valence-electron chi connectivity index (χ2n) is 13.2. The third-order valence-electron chi connectivity index (χ3n) is 8.68. The van der Waals surface area contributed by atoms with E-state index in [1.165, 1.54) is 154 Å². The van der Waals surface area contributed by atoms with E-state index in [1.54, 1.807) is 0 Å². The molecular weight excluding hydrogens is 502 g/mol. The lowest BCUT2D eigenvalue weighted by atomic mass is 9.98. The minimum atomic E-state index is -0.315. The van der Waals surface area contributed by atoms with Crippen molar-refractivity contribution in [1.29, 1.82) is 0 Å². The molecule has 1 rings (SSSR count). The topological polar surface area (TPSA) is 21.7 Å². The number of allylic oxidation sites excluding steroid dienone is 4. The van der Waals surface area contributed by atoms with E-state index in [-0.39, 0.29) is 11.9 Å². The first-order chi connectivity index (χ1) is 20.1. The molecule has 1 heterocycles. The fraction of sp³-hybridized carbons (Fsp3) is 0.895. The van der Waals surface area contributed by atoms with Crippen LogP contribution in [0.1, 0.15) is 181 Å². The van der Waals surface area contributed by atoms with Gasteiger partial charge >= 0.3 is 0 Å². The molecule has 0 bridgehead atoms. The lowest BCUT2D eigenvalue weighted by Crippen LogP contribution is -2.33. The maximum Gasteiger partial charge on any atom is 0.168 e. The van der Waals surface area contributed by atoms with Crippen molar-refractivity contribution in [1.82, 2.24) is 4.90 Å². The summed E-state index contributed by atoms with van der Waals surface area (Å²) >= 11 is 0. The summed E-state index contributed by atoms with van der Waals surface area (Å²) in [6.07, 6.45) is 44.1. The fourth-order valence-electron chi connectivity index (χ4n) is 6.14. The molecule has 0 N–H and O–H groups in total. The Morgan fingerprint density at radius 1 is 0.561 bits per heavy atom. The van der Waals surface area contributed by atoms with Crippen LogP contribution in [-0.2, 0) is 9.47 Å². The molecular formula is C38H73NO2. The quantitative estimate of drug-likeness (QED) is 0.0628. The van der Waals surface area contributed by atoms with E-state index in [0.717, 1.165) is 26.0 Å². The summed E-state index contributed by atoms with van der Waals surface area (Å²) in [6, 6.07) is 0. The number of likely N-dealkylation sites (N-methyl/N-ethyl adjacent to an activating group) is 1. The Morgan fingerprint density at radius 3 is 1.41 bits per heavy atom. The molecule has 0 aliphatic carbocycles. The minimum absolute atomic E-state index is 0.226.